The van der Waals surface area contributed by atoms with Crippen LogP contribution in [0.3, 0.4) is 0 Å². The van der Waals surface area contributed by atoms with Gasteiger partial charge in [-0.25, -0.2) is 0 Å². The number of carbonyl (C=O) groups excluding carboxylic acids is 3. The zero-order valence-electron chi connectivity index (χ0n) is 20.5. The summed E-state index contributed by atoms with van der Waals surface area (Å²) in [6.45, 7) is 3.83. The van der Waals surface area contributed by atoms with Crippen molar-refractivity contribution in [2.75, 3.05) is 26.2 Å². The third-order valence-electron chi connectivity index (χ3n) is 6.05. The number of thioether (sulfide) groups is 1. The van der Waals surface area contributed by atoms with Crippen LogP contribution in [0.2, 0.25) is 0 Å². The Morgan fingerprint density at radius 3 is 2.46 bits per heavy atom. The van der Waals surface area contributed by atoms with Crippen molar-refractivity contribution in [2.45, 2.75) is 39.2 Å². The van der Waals surface area contributed by atoms with E-state index >= 15 is 0 Å². The van der Waals surface area contributed by atoms with Crippen molar-refractivity contribution in [1.82, 2.24) is 9.80 Å². The molecule has 0 N–H and O–H groups in total. The number of rotatable bonds is 8. The number of nitrogens with zero attached hydrogens (tertiary/aromatic N) is 2. The Morgan fingerprint density at radius 2 is 1.78 bits per heavy atom. The molecule has 10 heteroatoms. The molecule has 0 spiro atoms. The normalized spacial score (nSPS) is 17.3. The van der Waals surface area contributed by atoms with Crippen molar-refractivity contribution in [1.29, 1.82) is 0 Å². The summed E-state index contributed by atoms with van der Waals surface area (Å²) in [5.41, 5.74) is 1.71. The molecule has 37 heavy (non-hydrogen) atoms. The van der Waals surface area contributed by atoms with Gasteiger partial charge in [0.25, 0.3) is 11.1 Å². The first-order chi connectivity index (χ1) is 17.9. The number of imide groups is 1. The minimum atomic E-state index is -0.453. The maximum Gasteiger partial charge on any atom is 0.294 e. The second kappa shape index (κ2) is 13.1. The Balaban J connectivity index is 1.49. The summed E-state index contributed by atoms with van der Waals surface area (Å²) in [5, 5.41) is -0.430. The summed E-state index contributed by atoms with van der Waals surface area (Å²) < 4.78 is 13.7. The first-order valence-corrected chi connectivity index (χ1v) is 14.9. The molecule has 2 saturated heterocycles. The molecule has 2 heterocycles. The van der Waals surface area contributed by atoms with Gasteiger partial charge in [0.1, 0.15) is 13.2 Å². The van der Waals surface area contributed by atoms with E-state index in [0.717, 1.165) is 51.5 Å². The third-order valence-corrected chi connectivity index (χ3v) is 8.27. The molecule has 2 aliphatic rings. The van der Waals surface area contributed by atoms with E-state index in [2.05, 4.69) is 38.5 Å². The molecule has 2 aromatic carbocycles. The lowest BCUT2D eigenvalue weighted by atomic mass is 10.1. The Hall–Kier alpha value is -2.05. The van der Waals surface area contributed by atoms with Crippen LogP contribution in [0.25, 0.3) is 6.08 Å². The monoisotopic (exact) mass is 698 g/mol. The van der Waals surface area contributed by atoms with Gasteiger partial charge < -0.3 is 14.4 Å². The molecule has 2 fully saturated rings. The fraction of sp³-hybridized carbons (Fsp3) is 0.370. The van der Waals surface area contributed by atoms with E-state index in [4.69, 9.17) is 9.47 Å². The number of carbonyl (C=O) groups is 3. The first kappa shape index (κ1) is 28.0. The highest BCUT2D eigenvalue weighted by Gasteiger charge is 2.37. The minimum Gasteiger partial charge on any atom is -0.490 e. The fourth-order valence-corrected chi connectivity index (χ4v) is 5.93. The smallest absolute Gasteiger partial charge is 0.294 e. The van der Waals surface area contributed by atoms with Gasteiger partial charge in [-0.15, -0.1) is 0 Å². The van der Waals surface area contributed by atoms with E-state index in [-0.39, 0.29) is 17.4 Å². The van der Waals surface area contributed by atoms with Gasteiger partial charge in [0.2, 0.25) is 5.91 Å². The second-order valence-corrected chi connectivity index (χ2v) is 11.8. The highest BCUT2D eigenvalue weighted by molar-refractivity contribution is 14.1. The predicted molar refractivity (Wildman–Crippen MR) is 157 cm³/mol. The lowest BCUT2D eigenvalue weighted by Gasteiger charge is -2.22. The van der Waals surface area contributed by atoms with Crippen LogP contribution in [0.15, 0.2) is 45.8 Å². The van der Waals surface area contributed by atoms with Crippen molar-refractivity contribution in [2.24, 2.45) is 0 Å². The van der Waals surface area contributed by atoms with Crippen molar-refractivity contribution < 1.29 is 23.9 Å². The van der Waals surface area contributed by atoms with Gasteiger partial charge in [0, 0.05) is 16.7 Å². The van der Waals surface area contributed by atoms with Crippen molar-refractivity contribution in [3.8, 4) is 11.5 Å². The van der Waals surface area contributed by atoms with E-state index < -0.39 is 11.1 Å². The molecule has 0 aliphatic carbocycles. The molecule has 3 amide bonds. The number of ether oxygens (including phenoxy) is 2. The maximum absolute atomic E-state index is 13.0. The summed E-state index contributed by atoms with van der Waals surface area (Å²) in [4.78, 5) is 41.5. The first-order valence-electron chi connectivity index (χ1n) is 12.2. The largest absolute Gasteiger partial charge is 0.490 e. The molecular formula is C27H28BrIN2O5S. The topological polar surface area (TPSA) is 76.2 Å². The lowest BCUT2D eigenvalue weighted by molar-refractivity contribution is -0.135. The highest BCUT2D eigenvalue weighted by Crippen LogP contribution is 2.39. The Labute approximate surface area is 243 Å². The van der Waals surface area contributed by atoms with E-state index in [9.17, 15) is 14.4 Å². The molecule has 0 radical (unpaired) electrons. The van der Waals surface area contributed by atoms with Crippen LogP contribution in [0.4, 0.5) is 4.79 Å². The van der Waals surface area contributed by atoms with Crippen LogP contribution in [-0.4, -0.2) is 53.1 Å². The molecule has 2 aromatic rings. The van der Waals surface area contributed by atoms with Gasteiger partial charge in [0.15, 0.2) is 11.5 Å². The SMILES string of the molecule is CCOc1cc(C=C2SC(=O)N(CC(=O)N3CCCCCC3)C2=O)cc(Br)c1OCc1ccc(I)cc1. The lowest BCUT2D eigenvalue weighted by Crippen LogP contribution is -2.42. The zero-order valence-corrected chi connectivity index (χ0v) is 25.1. The molecule has 196 valence electrons. The van der Waals surface area contributed by atoms with Gasteiger partial charge in [-0.2, -0.15) is 0 Å². The fourth-order valence-electron chi connectivity index (χ4n) is 4.15. The molecular weight excluding hydrogens is 671 g/mol. The van der Waals surface area contributed by atoms with Gasteiger partial charge in [0.05, 0.1) is 16.0 Å². The van der Waals surface area contributed by atoms with Crippen LogP contribution < -0.4 is 9.47 Å². The van der Waals surface area contributed by atoms with Crippen molar-refractivity contribution in [3.63, 3.8) is 0 Å². The molecule has 0 bridgehead atoms. The summed E-state index contributed by atoms with van der Waals surface area (Å²) in [5.74, 6) is 0.464. The number of amides is 3. The van der Waals surface area contributed by atoms with Crippen LogP contribution in [0.1, 0.15) is 43.7 Å². The highest BCUT2D eigenvalue weighted by atomic mass is 127. The van der Waals surface area contributed by atoms with Gasteiger partial charge in [-0.1, -0.05) is 25.0 Å². The molecule has 0 aromatic heterocycles. The van der Waals surface area contributed by atoms with E-state index in [1.807, 2.05) is 37.3 Å². The van der Waals surface area contributed by atoms with E-state index in [0.29, 0.717) is 47.8 Å². The van der Waals surface area contributed by atoms with Gasteiger partial charge in [-0.05, 0) is 112 Å². The van der Waals surface area contributed by atoms with Crippen LogP contribution in [0.5, 0.6) is 11.5 Å². The van der Waals surface area contributed by atoms with Gasteiger partial charge in [-0.3, -0.25) is 19.3 Å². The average Bonchev–Trinajstić information content (AvgIpc) is 3.05. The molecule has 7 nitrogen and oxygen atoms in total. The number of halogens is 2. The quantitative estimate of drug-likeness (QED) is 0.233. The summed E-state index contributed by atoms with van der Waals surface area (Å²) in [6, 6.07) is 11.7. The van der Waals surface area contributed by atoms with Crippen LogP contribution in [-0.2, 0) is 16.2 Å². The van der Waals surface area contributed by atoms with Crippen molar-refractivity contribution in [3.05, 3.63) is 60.5 Å². The molecule has 2 aliphatic heterocycles. The van der Waals surface area contributed by atoms with Crippen molar-refractivity contribution >= 4 is 73.4 Å². The summed E-state index contributed by atoms with van der Waals surface area (Å²) >= 11 is 6.68. The van der Waals surface area contributed by atoms with E-state index in [1.165, 1.54) is 0 Å². The Bertz CT molecular complexity index is 1200. The standard InChI is InChI=1S/C27H28BrIN2O5S/c1-2-35-22-14-19(13-21(28)25(22)36-17-18-7-9-20(29)10-8-18)15-23-26(33)31(27(34)37-23)16-24(32)30-11-5-3-4-6-12-30/h7-10,13-15H,2-6,11-12,16-17H2,1H3. The van der Waals surface area contributed by atoms with Crippen LogP contribution in [0, 0.1) is 3.57 Å². The van der Waals surface area contributed by atoms with E-state index in [1.54, 1.807) is 17.0 Å². The average molecular weight is 699 g/mol. The van der Waals surface area contributed by atoms with Crippen LogP contribution >= 0.6 is 50.3 Å². The number of likely N-dealkylation sites (tertiary alicyclic amines) is 1. The Morgan fingerprint density at radius 1 is 1.08 bits per heavy atom. The summed E-state index contributed by atoms with van der Waals surface area (Å²) in [6.07, 6.45) is 5.76. The summed E-state index contributed by atoms with van der Waals surface area (Å²) in [7, 11) is 0. The maximum atomic E-state index is 13.0. The molecule has 0 atom stereocenters. The molecule has 0 unspecified atom stereocenters. The number of hydrogen-bond donors (Lipinski definition) is 0. The Kier molecular flexibility index (Phi) is 9.94. The molecule has 0 saturated carbocycles. The number of benzene rings is 2. The van der Waals surface area contributed by atoms with Gasteiger partial charge >= 0.3 is 0 Å². The zero-order chi connectivity index (χ0) is 26.4. The second-order valence-electron chi connectivity index (χ2n) is 8.74. The third kappa shape index (κ3) is 7.29. The molecule has 4 rings (SSSR count). The number of hydrogen-bond acceptors (Lipinski definition) is 6. The minimum absolute atomic E-state index is 0.179. The predicted octanol–water partition coefficient (Wildman–Crippen LogP) is 6.47.